The van der Waals surface area contributed by atoms with E-state index >= 15 is 0 Å². The molecule has 0 bridgehead atoms. The second-order valence-corrected chi connectivity index (χ2v) is 5.24. The number of hydrogen-bond acceptors (Lipinski definition) is 0. The molecule has 0 aromatic carbocycles. The molecule has 1 aliphatic carbocycles. The minimum absolute atomic E-state index is 0.435. The second-order valence-electron chi connectivity index (χ2n) is 1.51. The van der Waals surface area contributed by atoms with Crippen molar-refractivity contribution in [1.29, 1.82) is 0 Å². The molecule has 0 fully saturated rings. The first-order chi connectivity index (χ1) is 4.31. The Bertz CT molecular complexity index is 97.6. The maximum atomic E-state index is 4.93. The van der Waals surface area contributed by atoms with Crippen molar-refractivity contribution >= 4 is 17.0 Å². The van der Waals surface area contributed by atoms with Crippen molar-refractivity contribution in [3.8, 4) is 0 Å². The Kier molecular flexibility index (Phi) is 7.79. The van der Waals surface area contributed by atoms with E-state index < -0.39 is 20.8 Å². The first kappa shape index (κ1) is 9.94. The van der Waals surface area contributed by atoms with Gasteiger partial charge in [0.05, 0.1) is 0 Å². The zero-order valence-corrected chi connectivity index (χ0v) is 8.82. The molecule has 0 aromatic heterocycles. The van der Waals surface area contributed by atoms with Crippen LogP contribution in [0.2, 0.25) is 0 Å². The van der Waals surface area contributed by atoms with Crippen LogP contribution in [0.5, 0.6) is 0 Å². The van der Waals surface area contributed by atoms with E-state index in [0.29, 0.717) is 5.92 Å². The van der Waals surface area contributed by atoms with Crippen LogP contribution in [-0.4, -0.2) is 0 Å². The first-order valence-electron chi connectivity index (χ1n) is 2.45. The molecule has 0 unspecified atom stereocenters. The van der Waals surface area contributed by atoms with Crippen LogP contribution in [0.4, 0.5) is 0 Å². The third-order valence-electron chi connectivity index (χ3n) is 0.828. The number of halogens is 2. The third-order valence-corrected chi connectivity index (χ3v) is 0.828. The molecule has 1 rings (SSSR count). The predicted molar refractivity (Wildman–Crippen MR) is 38.8 cm³/mol. The Morgan fingerprint density at radius 3 is 1.67 bits per heavy atom. The van der Waals surface area contributed by atoms with Crippen LogP contribution in [0.25, 0.3) is 0 Å². The van der Waals surface area contributed by atoms with Gasteiger partial charge in [0, 0.05) is 0 Å². The van der Waals surface area contributed by atoms with Crippen molar-refractivity contribution in [3.63, 3.8) is 0 Å². The van der Waals surface area contributed by atoms with Gasteiger partial charge in [-0.25, -0.2) is 0 Å². The molecule has 0 aliphatic heterocycles. The third kappa shape index (κ3) is 6.83. The Morgan fingerprint density at radius 2 is 1.56 bits per heavy atom. The zero-order valence-electron chi connectivity index (χ0n) is 4.85. The average molecular weight is 241 g/mol. The van der Waals surface area contributed by atoms with Gasteiger partial charge in [-0.3, -0.25) is 0 Å². The van der Waals surface area contributed by atoms with Crippen molar-refractivity contribution < 1.29 is 20.8 Å². The van der Waals surface area contributed by atoms with Crippen LogP contribution in [0, 0.1) is 12.8 Å². The van der Waals surface area contributed by atoms with Crippen molar-refractivity contribution in [2.24, 2.45) is 5.92 Å². The van der Waals surface area contributed by atoms with Gasteiger partial charge in [-0.05, 0) is 0 Å². The Hall–Kier alpha value is 0.943. The molecular weight excluding hydrogens is 234 g/mol. The first-order valence-corrected chi connectivity index (χ1v) is 8.78. The molecule has 1 aliphatic rings. The van der Waals surface area contributed by atoms with Gasteiger partial charge in [0.2, 0.25) is 0 Å². The second kappa shape index (κ2) is 7.05. The summed E-state index contributed by atoms with van der Waals surface area (Å²) in [6, 6.07) is 0. The van der Waals surface area contributed by atoms with Crippen LogP contribution in [0.15, 0.2) is 24.3 Å². The average Bonchev–Trinajstić information content (AvgIpc) is 2.20. The molecule has 0 saturated heterocycles. The molecule has 0 amide bonds. The van der Waals surface area contributed by atoms with Crippen LogP contribution in [0.1, 0.15) is 0 Å². The van der Waals surface area contributed by atoms with Crippen LogP contribution < -0.4 is 0 Å². The fourth-order valence-corrected chi connectivity index (χ4v) is 0.478. The van der Waals surface area contributed by atoms with E-state index in [-0.39, 0.29) is 0 Å². The van der Waals surface area contributed by atoms with E-state index in [9.17, 15) is 0 Å². The molecule has 0 aromatic rings. The molecule has 50 valence electrons. The van der Waals surface area contributed by atoms with Gasteiger partial charge in [-0.1, -0.05) is 12.2 Å². The fourth-order valence-electron chi connectivity index (χ4n) is 0.478. The van der Waals surface area contributed by atoms with E-state index in [4.69, 9.17) is 17.0 Å². The minimum atomic E-state index is -0.826. The fraction of sp³-hybridized carbons (Fsp3) is 0.167. The zero-order chi connectivity index (χ0) is 7.11. The van der Waals surface area contributed by atoms with Gasteiger partial charge in [0.25, 0.3) is 0 Å². The summed E-state index contributed by atoms with van der Waals surface area (Å²) in [4.78, 5) is 0. The topological polar surface area (TPSA) is 0 Å². The summed E-state index contributed by atoms with van der Waals surface area (Å²) >= 11 is -0.826. The van der Waals surface area contributed by atoms with Crippen LogP contribution in [0.3, 0.4) is 0 Å². The van der Waals surface area contributed by atoms with Crippen molar-refractivity contribution in [2.75, 3.05) is 0 Å². The van der Waals surface area contributed by atoms with Crippen LogP contribution in [-0.2, 0) is 20.8 Å². The summed E-state index contributed by atoms with van der Waals surface area (Å²) < 4.78 is 0. The van der Waals surface area contributed by atoms with Gasteiger partial charge in [0.15, 0.2) is 0 Å². The SMILES string of the molecule is [CH2-]C1C=CC=C1.[Cl][Zr][Cl]. The number of rotatable bonds is 0. The van der Waals surface area contributed by atoms with E-state index in [0.717, 1.165) is 0 Å². The summed E-state index contributed by atoms with van der Waals surface area (Å²) in [5, 5.41) is 0. The van der Waals surface area contributed by atoms with Crippen molar-refractivity contribution in [1.82, 2.24) is 0 Å². The Balaban J connectivity index is 0.000000187. The predicted octanol–water partition coefficient (Wildman–Crippen LogP) is 2.94. The van der Waals surface area contributed by atoms with E-state index in [1.54, 1.807) is 0 Å². The standard InChI is InChI=1S/C6H7.2ClH.Zr/c1-6-4-2-3-5-6;;;/h2-6H,1H2;2*1H;/q-1;;;+2/p-2. The molecule has 0 atom stereocenters. The Morgan fingerprint density at radius 1 is 1.22 bits per heavy atom. The number of hydrogen-bond donors (Lipinski definition) is 0. The molecule has 0 saturated carbocycles. The van der Waals surface area contributed by atoms with Gasteiger partial charge in [-0.2, -0.15) is 0 Å². The molecule has 0 heterocycles. The van der Waals surface area contributed by atoms with Crippen LogP contribution >= 0.6 is 17.0 Å². The molecule has 9 heavy (non-hydrogen) atoms. The quantitative estimate of drug-likeness (QED) is 0.572. The van der Waals surface area contributed by atoms with Crippen molar-refractivity contribution in [3.05, 3.63) is 31.2 Å². The van der Waals surface area contributed by atoms with Gasteiger partial charge < -0.3 is 6.92 Å². The summed E-state index contributed by atoms with van der Waals surface area (Å²) in [6.45, 7) is 3.76. The molecule has 0 radical (unpaired) electrons. The molecule has 0 spiro atoms. The summed E-state index contributed by atoms with van der Waals surface area (Å²) in [6.07, 6.45) is 8.13. The normalized spacial score (nSPS) is 15.0. The monoisotopic (exact) mass is 239 g/mol. The molecular formula is C6H7Cl2Zr-. The van der Waals surface area contributed by atoms with E-state index in [2.05, 4.69) is 19.1 Å². The molecule has 0 nitrogen and oxygen atoms in total. The van der Waals surface area contributed by atoms with Gasteiger partial charge in [-0.15, -0.1) is 18.1 Å². The van der Waals surface area contributed by atoms with E-state index in [1.807, 2.05) is 12.2 Å². The maximum absolute atomic E-state index is 4.93. The summed E-state index contributed by atoms with van der Waals surface area (Å²) in [5.41, 5.74) is 0. The van der Waals surface area contributed by atoms with Gasteiger partial charge >= 0.3 is 37.9 Å². The number of allylic oxidation sites excluding steroid dienone is 4. The van der Waals surface area contributed by atoms with Crippen molar-refractivity contribution in [2.45, 2.75) is 0 Å². The van der Waals surface area contributed by atoms with Gasteiger partial charge in [0.1, 0.15) is 0 Å². The molecule has 0 N–H and O–H groups in total. The Labute approximate surface area is 74.6 Å². The summed E-state index contributed by atoms with van der Waals surface area (Å²) in [7, 11) is 9.87. The van der Waals surface area contributed by atoms with E-state index in [1.165, 1.54) is 0 Å². The summed E-state index contributed by atoms with van der Waals surface area (Å²) in [5.74, 6) is 0.435. The molecule has 3 heteroatoms.